The molecule has 5 heteroatoms. The van der Waals surface area contributed by atoms with Gasteiger partial charge in [0.1, 0.15) is 0 Å². The molecule has 0 radical (unpaired) electrons. The zero-order valence-corrected chi connectivity index (χ0v) is 9.53. The highest BCUT2D eigenvalue weighted by molar-refractivity contribution is 5.75. The van der Waals surface area contributed by atoms with Gasteiger partial charge in [0.15, 0.2) is 0 Å². The number of carbonyl (C=O) groups is 1. The van der Waals surface area contributed by atoms with E-state index >= 15 is 0 Å². The summed E-state index contributed by atoms with van der Waals surface area (Å²) in [6.45, 7) is 6.91. The highest BCUT2D eigenvalue weighted by Crippen LogP contribution is 2.12. The molecule has 1 rings (SSSR count). The van der Waals surface area contributed by atoms with E-state index < -0.39 is 0 Å². The number of nitrogens with zero attached hydrogens (tertiary/aromatic N) is 1. The van der Waals surface area contributed by atoms with Gasteiger partial charge in [-0.05, 0) is 20.3 Å². The summed E-state index contributed by atoms with van der Waals surface area (Å²) in [6, 6.07) is 0.411. The van der Waals surface area contributed by atoms with Crippen molar-refractivity contribution in [1.82, 2.24) is 10.3 Å². The highest BCUT2D eigenvalue weighted by Gasteiger charge is 2.21. The Morgan fingerprint density at radius 2 is 2.47 bits per heavy atom. The van der Waals surface area contributed by atoms with Crippen LogP contribution in [0.3, 0.4) is 0 Å². The van der Waals surface area contributed by atoms with E-state index in [4.69, 9.17) is 10.6 Å². The third kappa shape index (κ3) is 4.15. The molecule has 2 atom stereocenters. The van der Waals surface area contributed by atoms with Crippen LogP contribution in [0, 0.1) is 0 Å². The van der Waals surface area contributed by atoms with Gasteiger partial charge in [0, 0.05) is 25.6 Å². The van der Waals surface area contributed by atoms with Gasteiger partial charge < -0.3 is 4.74 Å². The molecule has 88 valence electrons. The summed E-state index contributed by atoms with van der Waals surface area (Å²) in [6.07, 6.45) is 1.63. The lowest BCUT2D eigenvalue weighted by Gasteiger charge is -2.35. The number of nitrogens with one attached hydrogen (secondary N) is 1. The molecule has 0 aromatic carbocycles. The minimum atomic E-state index is -0.0943. The molecule has 0 aromatic heterocycles. The van der Waals surface area contributed by atoms with Crippen molar-refractivity contribution in [1.29, 1.82) is 0 Å². The van der Waals surface area contributed by atoms with Crippen molar-refractivity contribution in [2.75, 3.05) is 19.7 Å². The van der Waals surface area contributed by atoms with Gasteiger partial charge in [-0.2, -0.15) is 0 Å². The molecule has 0 aliphatic carbocycles. The number of hydrogen-bond donors (Lipinski definition) is 2. The van der Waals surface area contributed by atoms with Crippen LogP contribution in [-0.4, -0.2) is 42.6 Å². The quantitative estimate of drug-likeness (QED) is 0.389. The Balaban J connectivity index is 2.26. The van der Waals surface area contributed by atoms with Gasteiger partial charge in [0.25, 0.3) is 0 Å². The van der Waals surface area contributed by atoms with Crippen LogP contribution in [-0.2, 0) is 9.53 Å². The number of hydrogen-bond acceptors (Lipinski definition) is 4. The van der Waals surface area contributed by atoms with Gasteiger partial charge in [-0.1, -0.05) is 0 Å². The normalized spacial score (nSPS) is 24.9. The van der Waals surface area contributed by atoms with Gasteiger partial charge in [-0.3, -0.25) is 15.1 Å². The second-order valence-corrected chi connectivity index (χ2v) is 4.13. The zero-order valence-electron chi connectivity index (χ0n) is 9.53. The largest absolute Gasteiger partial charge is 0.376 e. The Bertz CT molecular complexity index is 211. The smallest absolute Gasteiger partial charge is 0.233 e. The molecule has 3 N–H and O–H groups in total. The molecule has 1 heterocycles. The number of nitrogens with two attached hydrogens (primary N) is 1. The minimum absolute atomic E-state index is 0.0943. The van der Waals surface area contributed by atoms with Crippen LogP contribution in [0.1, 0.15) is 26.7 Å². The monoisotopic (exact) mass is 215 g/mol. The lowest BCUT2D eigenvalue weighted by atomic mass is 10.1. The predicted molar refractivity (Wildman–Crippen MR) is 58.0 cm³/mol. The van der Waals surface area contributed by atoms with Crippen molar-refractivity contribution in [2.45, 2.75) is 38.8 Å². The Morgan fingerprint density at radius 3 is 3.07 bits per heavy atom. The molecule has 1 saturated heterocycles. The Labute approximate surface area is 90.9 Å². The van der Waals surface area contributed by atoms with Gasteiger partial charge in [0.2, 0.25) is 5.91 Å². The molecule has 0 bridgehead atoms. The van der Waals surface area contributed by atoms with Crippen LogP contribution in [0.4, 0.5) is 0 Å². The van der Waals surface area contributed by atoms with Crippen LogP contribution in [0.5, 0.6) is 0 Å². The first-order valence-electron chi connectivity index (χ1n) is 5.48. The predicted octanol–water partition coefficient (Wildman–Crippen LogP) is -0.134. The summed E-state index contributed by atoms with van der Waals surface area (Å²) in [7, 11) is 0. The molecule has 1 fully saturated rings. The fourth-order valence-electron chi connectivity index (χ4n) is 1.84. The van der Waals surface area contributed by atoms with Crippen LogP contribution in [0.15, 0.2) is 0 Å². The van der Waals surface area contributed by atoms with E-state index in [1.54, 1.807) is 0 Å². The average Bonchev–Trinajstić information content (AvgIpc) is 2.25. The van der Waals surface area contributed by atoms with Crippen molar-refractivity contribution >= 4 is 5.91 Å². The van der Waals surface area contributed by atoms with E-state index in [1.807, 2.05) is 0 Å². The fourth-order valence-corrected chi connectivity index (χ4v) is 1.84. The zero-order chi connectivity index (χ0) is 11.3. The Hall–Kier alpha value is -0.650. The number of morpholine rings is 1. The summed E-state index contributed by atoms with van der Waals surface area (Å²) in [4.78, 5) is 13.3. The van der Waals surface area contributed by atoms with Crippen molar-refractivity contribution in [3.63, 3.8) is 0 Å². The van der Waals surface area contributed by atoms with Crippen molar-refractivity contribution < 1.29 is 9.53 Å². The third-order valence-corrected chi connectivity index (χ3v) is 2.85. The summed E-state index contributed by atoms with van der Waals surface area (Å²) in [5, 5.41) is 0. The first-order chi connectivity index (χ1) is 7.13. The molecular formula is C10H21N3O2. The van der Waals surface area contributed by atoms with Gasteiger partial charge in [-0.25, -0.2) is 5.84 Å². The SMILES string of the molecule is CC1CN(C(C)CCC(=O)NN)CCO1. The van der Waals surface area contributed by atoms with Gasteiger partial charge in [0.05, 0.1) is 12.7 Å². The third-order valence-electron chi connectivity index (χ3n) is 2.85. The molecular weight excluding hydrogens is 194 g/mol. The molecule has 1 aliphatic heterocycles. The second-order valence-electron chi connectivity index (χ2n) is 4.13. The van der Waals surface area contributed by atoms with Crippen LogP contribution < -0.4 is 11.3 Å². The van der Waals surface area contributed by atoms with Crippen LogP contribution in [0.25, 0.3) is 0 Å². The molecule has 1 aliphatic rings. The van der Waals surface area contributed by atoms with Gasteiger partial charge in [-0.15, -0.1) is 0 Å². The first-order valence-corrected chi connectivity index (χ1v) is 5.48. The van der Waals surface area contributed by atoms with Crippen molar-refractivity contribution in [3.05, 3.63) is 0 Å². The van der Waals surface area contributed by atoms with E-state index in [2.05, 4.69) is 24.2 Å². The van der Waals surface area contributed by atoms with E-state index in [1.165, 1.54) is 0 Å². The average molecular weight is 215 g/mol. The summed E-state index contributed by atoms with van der Waals surface area (Å²) < 4.78 is 5.46. The molecule has 1 amide bonds. The molecule has 2 unspecified atom stereocenters. The fraction of sp³-hybridized carbons (Fsp3) is 0.900. The maximum Gasteiger partial charge on any atom is 0.233 e. The highest BCUT2D eigenvalue weighted by atomic mass is 16.5. The number of carbonyl (C=O) groups excluding carboxylic acids is 1. The summed E-state index contributed by atoms with van der Waals surface area (Å²) >= 11 is 0. The minimum Gasteiger partial charge on any atom is -0.376 e. The summed E-state index contributed by atoms with van der Waals surface area (Å²) in [5.41, 5.74) is 2.15. The Kier molecular flexibility index (Phi) is 5.01. The van der Waals surface area contributed by atoms with E-state index in [0.717, 1.165) is 26.1 Å². The lowest BCUT2D eigenvalue weighted by molar-refractivity contribution is -0.121. The molecule has 0 spiro atoms. The number of rotatable bonds is 4. The molecule has 0 saturated carbocycles. The maximum absolute atomic E-state index is 11.0. The number of hydrazine groups is 1. The van der Waals surface area contributed by atoms with Crippen LogP contribution in [0.2, 0.25) is 0 Å². The number of amides is 1. The molecule has 15 heavy (non-hydrogen) atoms. The molecule has 0 aromatic rings. The van der Waals surface area contributed by atoms with Crippen molar-refractivity contribution in [2.24, 2.45) is 5.84 Å². The van der Waals surface area contributed by atoms with Crippen LogP contribution >= 0.6 is 0 Å². The van der Waals surface area contributed by atoms with E-state index in [-0.39, 0.29) is 5.91 Å². The number of ether oxygens (including phenoxy) is 1. The van der Waals surface area contributed by atoms with E-state index in [9.17, 15) is 4.79 Å². The lowest BCUT2D eigenvalue weighted by Crippen LogP contribution is -2.46. The Morgan fingerprint density at radius 1 is 1.73 bits per heavy atom. The van der Waals surface area contributed by atoms with Crippen molar-refractivity contribution in [3.8, 4) is 0 Å². The first kappa shape index (κ1) is 12.4. The maximum atomic E-state index is 11.0. The standard InChI is InChI=1S/C10H21N3O2/c1-8(3-4-10(14)12-11)13-5-6-15-9(2)7-13/h8-9H,3-7,11H2,1-2H3,(H,12,14). The topological polar surface area (TPSA) is 67.6 Å². The second kappa shape index (κ2) is 6.05. The molecule has 5 nitrogen and oxygen atoms in total. The summed E-state index contributed by atoms with van der Waals surface area (Å²) in [5.74, 6) is 4.93. The van der Waals surface area contributed by atoms with E-state index in [0.29, 0.717) is 18.6 Å². The van der Waals surface area contributed by atoms with Gasteiger partial charge >= 0.3 is 0 Å².